The lowest BCUT2D eigenvalue weighted by molar-refractivity contribution is -0.138. The van der Waals surface area contributed by atoms with Crippen LogP contribution in [0.2, 0.25) is 0 Å². The van der Waals surface area contributed by atoms with Crippen LogP contribution in [0, 0.1) is 5.41 Å². The minimum Gasteiger partial charge on any atom is -0.385 e. The summed E-state index contributed by atoms with van der Waals surface area (Å²) in [4.78, 5) is 25.3. The second kappa shape index (κ2) is 7.25. The molecule has 3 heterocycles. The molecule has 1 aromatic rings. The Bertz CT molecular complexity index is 525. The zero-order chi connectivity index (χ0) is 16.1. The monoisotopic (exact) mass is 318 g/mol. The van der Waals surface area contributed by atoms with Crippen LogP contribution in [-0.4, -0.2) is 60.7 Å². The molecule has 1 spiro atoms. The maximum Gasteiger partial charge on any atom is 0.225 e. The number of ether oxygens (including phenoxy) is 1. The van der Waals surface area contributed by atoms with E-state index >= 15 is 0 Å². The van der Waals surface area contributed by atoms with E-state index in [2.05, 4.69) is 14.9 Å². The highest BCUT2D eigenvalue weighted by Gasteiger charge is 2.42. The lowest BCUT2D eigenvalue weighted by Gasteiger charge is -2.48. The van der Waals surface area contributed by atoms with Crippen LogP contribution in [0.4, 0.5) is 5.95 Å². The Morgan fingerprint density at radius 2 is 2.09 bits per heavy atom. The van der Waals surface area contributed by atoms with Gasteiger partial charge in [-0.05, 0) is 31.7 Å². The van der Waals surface area contributed by atoms with Crippen LogP contribution < -0.4 is 4.90 Å². The highest BCUT2D eigenvalue weighted by atomic mass is 16.5. The van der Waals surface area contributed by atoms with Crippen LogP contribution in [-0.2, 0) is 9.53 Å². The number of carbonyl (C=O) groups is 1. The molecule has 1 amide bonds. The van der Waals surface area contributed by atoms with Crippen LogP contribution in [0.1, 0.15) is 32.1 Å². The number of hydrogen-bond acceptors (Lipinski definition) is 5. The fourth-order valence-corrected chi connectivity index (χ4v) is 3.87. The first kappa shape index (κ1) is 16.2. The highest BCUT2D eigenvalue weighted by molar-refractivity contribution is 5.77. The zero-order valence-corrected chi connectivity index (χ0v) is 13.9. The number of hydrogen-bond donors (Lipinski definition) is 0. The largest absolute Gasteiger partial charge is 0.385 e. The van der Waals surface area contributed by atoms with E-state index in [9.17, 15) is 4.79 Å². The van der Waals surface area contributed by atoms with Gasteiger partial charge in [0.05, 0.1) is 0 Å². The van der Waals surface area contributed by atoms with Crippen molar-refractivity contribution in [3.05, 3.63) is 18.5 Å². The van der Waals surface area contributed by atoms with E-state index in [0.29, 0.717) is 18.9 Å². The van der Waals surface area contributed by atoms with Crippen molar-refractivity contribution in [2.45, 2.75) is 32.1 Å². The van der Waals surface area contributed by atoms with Crippen LogP contribution >= 0.6 is 0 Å². The first-order valence-electron chi connectivity index (χ1n) is 8.51. The third-order valence-corrected chi connectivity index (χ3v) is 5.02. The molecule has 2 aliphatic heterocycles. The molecule has 0 unspecified atom stereocenters. The van der Waals surface area contributed by atoms with E-state index in [0.717, 1.165) is 51.4 Å². The zero-order valence-electron chi connectivity index (χ0n) is 13.9. The summed E-state index contributed by atoms with van der Waals surface area (Å²) in [6.07, 6.45) is 8.47. The lowest BCUT2D eigenvalue weighted by Crippen LogP contribution is -2.54. The number of likely N-dealkylation sites (tertiary alicyclic amines) is 1. The predicted octanol–water partition coefficient (Wildman–Crippen LogP) is 1.72. The molecule has 0 bridgehead atoms. The van der Waals surface area contributed by atoms with Gasteiger partial charge in [0.15, 0.2) is 0 Å². The van der Waals surface area contributed by atoms with Crippen molar-refractivity contribution in [1.82, 2.24) is 14.9 Å². The van der Waals surface area contributed by atoms with Crippen LogP contribution in [0.5, 0.6) is 0 Å². The van der Waals surface area contributed by atoms with Crippen molar-refractivity contribution in [1.29, 1.82) is 0 Å². The number of amides is 1. The fourth-order valence-electron chi connectivity index (χ4n) is 3.87. The molecular formula is C17H26N4O2. The normalized spacial score (nSPS) is 25.2. The van der Waals surface area contributed by atoms with E-state index in [1.807, 2.05) is 11.0 Å². The smallest absolute Gasteiger partial charge is 0.225 e. The van der Waals surface area contributed by atoms with Crippen molar-refractivity contribution in [3.63, 3.8) is 0 Å². The van der Waals surface area contributed by atoms with Crippen molar-refractivity contribution >= 4 is 11.9 Å². The van der Waals surface area contributed by atoms with E-state index in [-0.39, 0.29) is 5.41 Å². The molecule has 2 saturated heterocycles. The Morgan fingerprint density at radius 1 is 1.26 bits per heavy atom. The van der Waals surface area contributed by atoms with E-state index < -0.39 is 0 Å². The first-order valence-corrected chi connectivity index (χ1v) is 8.51. The van der Waals surface area contributed by atoms with Gasteiger partial charge in [0, 0.05) is 64.1 Å². The summed E-state index contributed by atoms with van der Waals surface area (Å²) in [5.74, 6) is 1.11. The van der Waals surface area contributed by atoms with Crippen LogP contribution in [0.15, 0.2) is 18.5 Å². The standard InChI is InChI=1S/C17H26N4O2/c1-23-12-4-11-20-13-17(7-5-15(20)22)6-2-10-21(14-17)16-18-8-3-9-19-16/h3,8-9H,2,4-7,10-14H2,1H3/t17-/m0/s1. The Kier molecular flexibility index (Phi) is 5.10. The average Bonchev–Trinajstić information content (AvgIpc) is 2.59. The molecule has 0 aromatic carbocycles. The molecule has 6 nitrogen and oxygen atoms in total. The van der Waals surface area contributed by atoms with Crippen molar-refractivity contribution in [2.24, 2.45) is 5.41 Å². The molecule has 126 valence electrons. The minimum absolute atomic E-state index is 0.193. The van der Waals surface area contributed by atoms with Gasteiger partial charge in [0.1, 0.15) is 0 Å². The lowest BCUT2D eigenvalue weighted by atomic mass is 9.73. The SMILES string of the molecule is COCCCN1C[C@]2(CCCN(c3ncccn3)C2)CCC1=O. The second-order valence-corrected chi connectivity index (χ2v) is 6.74. The molecule has 23 heavy (non-hydrogen) atoms. The quantitative estimate of drug-likeness (QED) is 0.774. The molecule has 0 radical (unpaired) electrons. The molecule has 2 aliphatic rings. The molecule has 2 fully saturated rings. The van der Waals surface area contributed by atoms with E-state index in [4.69, 9.17) is 4.74 Å². The van der Waals surface area contributed by atoms with E-state index in [1.54, 1.807) is 19.5 Å². The third kappa shape index (κ3) is 3.80. The Hall–Kier alpha value is -1.69. The van der Waals surface area contributed by atoms with Gasteiger partial charge >= 0.3 is 0 Å². The van der Waals surface area contributed by atoms with Gasteiger partial charge in [0.25, 0.3) is 0 Å². The van der Waals surface area contributed by atoms with Crippen molar-refractivity contribution in [2.75, 3.05) is 44.8 Å². The summed E-state index contributed by atoms with van der Waals surface area (Å²) < 4.78 is 5.12. The van der Waals surface area contributed by atoms with Crippen molar-refractivity contribution in [3.8, 4) is 0 Å². The first-order chi connectivity index (χ1) is 11.2. The molecule has 3 rings (SSSR count). The molecule has 0 saturated carbocycles. The molecule has 0 aliphatic carbocycles. The van der Waals surface area contributed by atoms with Gasteiger partial charge in [-0.1, -0.05) is 0 Å². The number of nitrogens with zero attached hydrogens (tertiary/aromatic N) is 4. The van der Waals surface area contributed by atoms with Gasteiger partial charge < -0.3 is 14.5 Å². The Balaban J connectivity index is 1.67. The molecule has 1 aromatic heterocycles. The van der Waals surface area contributed by atoms with Gasteiger partial charge in [0.2, 0.25) is 11.9 Å². The predicted molar refractivity (Wildman–Crippen MR) is 88.2 cm³/mol. The average molecular weight is 318 g/mol. The van der Waals surface area contributed by atoms with Crippen LogP contribution in [0.3, 0.4) is 0 Å². The summed E-state index contributed by atoms with van der Waals surface area (Å²) in [6, 6.07) is 1.85. The number of carbonyl (C=O) groups excluding carboxylic acids is 1. The maximum absolute atomic E-state index is 12.2. The highest BCUT2D eigenvalue weighted by Crippen LogP contribution is 2.39. The van der Waals surface area contributed by atoms with Gasteiger partial charge in [-0.25, -0.2) is 9.97 Å². The number of piperidine rings is 2. The van der Waals surface area contributed by atoms with Gasteiger partial charge in [-0.3, -0.25) is 4.79 Å². The summed E-state index contributed by atoms with van der Waals surface area (Å²) >= 11 is 0. The van der Waals surface area contributed by atoms with Gasteiger partial charge in [-0.2, -0.15) is 0 Å². The summed E-state index contributed by atoms with van der Waals surface area (Å²) in [5.41, 5.74) is 0.193. The topological polar surface area (TPSA) is 58.6 Å². The van der Waals surface area contributed by atoms with Crippen LogP contribution in [0.25, 0.3) is 0 Å². The molecule has 1 atom stereocenters. The number of methoxy groups -OCH3 is 1. The Labute approximate surface area is 137 Å². The summed E-state index contributed by atoms with van der Waals surface area (Å²) in [5, 5.41) is 0. The Morgan fingerprint density at radius 3 is 2.87 bits per heavy atom. The third-order valence-electron chi connectivity index (χ3n) is 5.02. The minimum atomic E-state index is 0.193. The second-order valence-electron chi connectivity index (χ2n) is 6.74. The van der Waals surface area contributed by atoms with Gasteiger partial charge in [-0.15, -0.1) is 0 Å². The molecule has 6 heteroatoms. The van der Waals surface area contributed by atoms with E-state index in [1.165, 1.54) is 6.42 Å². The number of anilines is 1. The maximum atomic E-state index is 12.2. The fraction of sp³-hybridized carbons (Fsp3) is 0.706. The summed E-state index contributed by atoms with van der Waals surface area (Å²) in [6.45, 7) is 4.32. The number of aromatic nitrogens is 2. The molecular weight excluding hydrogens is 292 g/mol. The number of rotatable bonds is 5. The summed E-state index contributed by atoms with van der Waals surface area (Å²) in [7, 11) is 1.71. The van der Waals surface area contributed by atoms with Crippen molar-refractivity contribution < 1.29 is 9.53 Å². The molecule has 0 N–H and O–H groups in total.